The van der Waals surface area contributed by atoms with Crippen molar-refractivity contribution in [2.45, 2.75) is 36.7 Å². The number of halogens is 6. The Morgan fingerprint density at radius 3 is 1.13 bits per heavy atom. The van der Waals surface area contributed by atoms with Crippen molar-refractivity contribution in [2.75, 3.05) is 0 Å². The second-order valence-corrected chi connectivity index (χ2v) is 5.55. The first kappa shape index (κ1) is 14.5. The summed E-state index contributed by atoms with van der Waals surface area (Å²) in [7, 11) is -5.30. The summed E-state index contributed by atoms with van der Waals surface area (Å²) >= 11 is 0. The molecule has 0 fully saturated rings. The van der Waals surface area contributed by atoms with Crippen LogP contribution < -0.4 is 0 Å². The van der Waals surface area contributed by atoms with E-state index in [4.69, 9.17) is 0 Å². The van der Waals surface area contributed by atoms with Crippen molar-refractivity contribution < 1.29 is 34.8 Å². The van der Waals surface area contributed by atoms with Gasteiger partial charge in [0, 0.05) is 0 Å². The summed E-state index contributed by atoms with van der Waals surface area (Å²) in [6, 6.07) is 0. The van der Waals surface area contributed by atoms with Gasteiger partial charge >= 0.3 is 12.4 Å². The fourth-order valence-corrected chi connectivity index (χ4v) is 2.04. The Morgan fingerprint density at radius 2 is 1.00 bits per heavy atom. The van der Waals surface area contributed by atoms with Crippen molar-refractivity contribution >= 4 is 9.84 Å². The molecule has 0 bridgehead atoms. The van der Waals surface area contributed by atoms with E-state index in [-0.39, 0.29) is 13.8 Å². The summed E-state index contributed by atoms with van der Waals surface area (Å²) in [6.45, 7) is 0.384. The Morgan fingerprint density at radius 1 is 0.800 bits per heavy atom. The number of rotatable bonds is 2. The molecule has 0 aromatic carbocycles. The van der Waals surface area contributed by atoms with Crippen LogP contribution in [-0.4, -0.2) is 31.3 Å². The van der Waals surface area contributed by atoms with Crippen molar-refractivity contribution in [3.05, 3.63) is 0 Å². The molecule has 0 radical (unpaired) electrons. The summed E-state index contributed by atoms with van der Waals surface area (Å²) in [5.41, 5.74) is 0. The third kappa shape index (κ3) is 3.25. The first-order valence-electron chi connectivity index (χ1n) is 3.67. The third-order valence-corrected chi connectivity index (χ3v) is 4.41. The van der Waals surface area contributed by atoms with E-state index >= 15 is 0 Å². The van der Waals surface area contributed by atoms with E-state index in [2.05, 4.69) is 0 Å². The first-order chi connectivity index (χ1) is 6.31. The highest BCUT2D eigenvalue weighted by Crippen LogP contribution is 2.33. The molecule has 0 spiro atoms. The minimum Gasteiger partial charge on any atom is -0.228 e. The fourth-order valence-electron chi connectivity index (χ4n) is 0.679. The Labute approximate surface area is 82.2 Å². The first-order valence-corrected chi connectivity index (χ1v) is 5.28. The van der Waals surface area contributed by atoms with Crippen LogP contribution in [0.2, 0.25) is 0 Å². The third-order valence-electron chi connectivity index (χ3n) is 1.91. The average Bonchev–Trinajstić information content (AvgIpc) is 1.98. The lowest BCUT2D eigenvalue weighted by Crippen LogP contribution is -2.44. The molecule has 0 saturated carbocycles. The van der Waals surface area contributed by atoms with Crippen molar-refractivity contribution in [3.8, 4) is 0 Å². The Kier molecular flexibility index (Phi) is 3.72. The van der Waals surface area contributed by atoms with Crippen LogP contribution >= 0.6 is 0 Å². The molecule has 0 heterocycles. The Bertz CT molecular complexity index is 287. The van der Waals surface area contributed by atoms with Crippen molar-refractivity contribution in [2.24, 2.45) is 0 Å². The lowest BCUT2D eigenvalue weighted by molar-refractivity contribution is -0.135. The molecule has 15 heavy (non-hydrogen) atoms. The largest absolute Gasteiger partial charge is 0.405 e. The van der Waals surface area contributed by atoms with Crippen molar-refractivity contribution in [1.29, 1.82) is 0 Å². The average molecular weight is 258 g/mol. The van der Waals surface area contributed by atoms with Gasteiger partial charge in [0.05, 0.1) is 0 Å². The van der Waals surface area contributed by atoms with Gasteiger partial charge in [-0.25, -0.2) is 8.42 Å². The number of alkyl halides is 6. The van der Waals surface area contributed by atoms with Gasteiger partial charge in [-0.3, -0.25) is 0 Å². The molecule has 2 atom stereocenters. The molecule has 0 aromatic heterocycles. The maximum absolute atomic E-state index is 11.9. The van der Waals surface area contributed by atoms with Gasteiger partial charge in [0.25, 0.3) is 0 Å². The van der Waals surface area contributed by atoms with E-state index in [1.165, 1.54) is 0 Å². The maximum atomic E-state index is 11.9. The van der Waals surface area contributed by atoms with Crippen LogP contribution in [0.1, 0.15) is 13.8 Å². The highest BCUT2D eigenvalue weighted by Gasteiger charge is 2.54. The minimum absolute atomic E-state index is 0.192. The van der Waals surface area contributed by atoms with Crippen LogP contribution in [0.3, 0.4) is 0 Å². The van der Waals surface area contributed by atoms with Gasteiger partial charge in [0.2, 0.25) is 0 Å². The predicted octanol–water partition coefficient (Wildman–Crippen LogP) is 2.30. The van der Waals surface area contributed by atoms with Gasteiger partial charge in [-0.1, -0.05) is 0 Å². The second kappa shape index (κ2) is 3.84. The van der Waals surface area contributed by atoms with Gasteiger partial charge in [-0.15, -0.1) is 0 Å². The van der Waals surface area contributed by atoms with Crippen LogP contribution in [0.5, 0.6) is 0 Å². The van der Waals surface area contributed by atoms with Gasteiger partial charge in [-0.05, 0) is 13.8 Å². The lowest BCUT2D eigenvalue weighted by Gasteiger charge is -2.22. The van der Waals surface area contributed by atoms with Crippen LogP contribution in [0.4, 0.5) is 26.3 Å². The van der Waals surface area contributed by atoms with Gasteiger partial charge in [0.1, 0.15) is 0 Å². The zero-order chi connectivity index (χ0) is 12.7. The quantitative estimate of drug-likeness (QED) is 0.712. The molecule has 0 aliphatic carbocycles. The van der Waals surface area contributed by atoms with Crippen LogP contribution in [-0.2, 0) is 9.84 Å². The summed E-state index contributed by atoms with van der Waals surface area (Å²) in [4.78, 5) is 0. The highest BCUT2D eigenvalue weighted by molar-refractivity contribution is 7.92. The SMILES string of the molecule is CC(C(F)(F)F)S(=O)(=O)C(C)C(F)(F)F. The van der Waals surface area contributed by atoms with Crippen molar-refractivity contribution in [1.82, 2.24) is 0 Å². The smallest absolute Gasteiger partial charge is 0.228 e. The van der Waals surface area contributed by atoms with Gasteiger partial charge in [0.15, 0.2) is 20.3 Å². The number of sulfone groups is 1. The topological polar surface area (TPSA) is 34.1 Å². The van der Waals surface area contributed by atoms with E-state index in [9.17, 15) is 34.8 Å². The van der Waals surface area contributed by atoms with Crippen LogP contribution in [0.25, 0.3) is 0 Å². The van der Waals surface area contributed by atoms with Crippen LogP contribution in [0.15, 0.2) is 0 Å². The van der Waals surface area contributed by atoms with Crippen molar-refractivity contribution in [3.63, 3.8) is 0 Å². The number of hydrogen-bond acceptors (Lipinski definition) is 2. The predicted molar refractivity (Wildman–Crippen MR) is 40.0 cm³/mol. The molecule has 0 aliphatic heterocycles. The molecule has 0 N–H and O–H groups in total. The fraction of sp³-hybridized carbons (Fsp3) is 1.00. The summed E-state index contributed by atoms with van der Waals surface area (Å²) in [6.07, 6.45) is -10.4. The number of hydrogen-bond donors (Lipinski definition) is 0. The molecule has 0 amide bonds. The van der Waals surface area contributed by atoms with E-state index in [1.807, 2.05) is 0 Å². The molecule has 0 rings (SSSR count). The minimum atomic E-state index is -5.30. The lowest BCUT2D eigenvalue weighted by atomic mass is 10.5. The van der Waals surface area contributed by atoms with E-state index in [0.717, 1.165) is 0 Å². The molecule has 9 heteroatoms. The van der Waals surface area contributed by atoms with Crippen LogP contribution in [0, 0.1) is 0 Å². The second-order valence-electron chi connectivity index (χ2n) is 2.96. The monoisotopic (exact) mass is 258 g/mol. The molecule has 2 unspecified atom stereocenters. The zero-order valence-corrected chi connectivity index (χ0v) is 8.46. The molecule has 92 valence electrons. The van der Waals surface area contributed by atoms with Gasteiger partial charge in [-0.2, -0.15) is 26.3 Å². The Hall–Kier alpha value is -0.470. The Balaban J connectivity index is 5.19. The molecule has 0 saturated heterocycles. The van der Waals surface area contributed by atoms with E-state index < -0.39 is 32.7 Å². The molecular weight excluding hydrogens is 250 g/mol. The zero-order valence-electron chi connectivity index (χ0n) is 7.65. The summed E-state index contributed by atoms with van der Waals surface area (Å²) in [5.74, 6) is 0. The summed E-state index contributed by atoms with van der Waals surface area (Å²) < 4.78 is 93.4. The van der Waals surface area contributed by atoms with E-state index in [1.54, 1.807) is 0 Å². The van der Waals surface area contributed by atoms with Gasteiger partial charge < -0.3 is 0 Å². The highest BCUT2D eigenvalue weighted by atomic mass is 32.2. The molecular formula is C6H8F6O2S. The standard InChI is InChI=1S/C6H8F6O2S/c1-3(5(7,8)9)15(13,14)4(2)6(10,11)12/h3-4H,1-2H3. The normalized spacial score (nSPS) is 18.7. The molecule has 2 nitrogen and oxygen atoms in total. The van der Waals surface area contributed by atoms with E-state index in [0.29, 0.717) is 0 Å². The maximum Gasteiger partial charge on any atom is 0.405 e. The molecule has 0 aromatic rings. The molecule has 0 aliphatic rings. The summed E-state index contributed by atoms with van der Waals surface area (Å²) in [5, 5.41) is -6.05.